The SMILES string of the molecule is COc1ccc(C(C)NC(=O)C(=O)N(C)C2CCS(=O)(=O)C2)cc1OC. The molecule has 1 aromatic carbocycles. The van der Waals surface area contributed by atoms with Crippen LogP contribution in [0.1, 0.15) is 24.9 Å². The predicted molar refractivity (Wildman–Crippen MR) is 95.9 cm³/mol. The van der Waals surface area contributed by atoms with Crippen LogP contribution in [-0.4, -0.2) is 63.9 Å². The third kappa shape index (κ3) is 4.46. The second kappa shape index (κ2) is 7.94. The zero-order valence-electron chi connectivity index (χ0n) is 15.3. The summed E-state index contributed by atoms with van der Waals surface area (Å²) in [7, 11) is 1.36. The number of rotatable bonds is 5. The third-order valence-corrected chi connectivity index (χ3v) is 6.28. The van der Waals surface area contributed by atoms with Gasteiger partial charge in [-0.15, -0.1) is 0 Å². The van der Waals surface area contributed by atoms with E-state index in [9.17, 15) is 18.0 Å². The number of nitrogens with zero attached hydrogens (tertiary/aromatic N) is 1. The van der Waals surface area contributed by atoms with Crippen LogP contribution in [-0.2, 0) is 19.4 Å². The molecule has 8 nitrogen and oxygen atoms in total. The lowest BCUT2D eigenvalue weighted by atomic mass is 10.1. The molecule has 1 aliphatic rings. The average Bonchev–Trinajstić information content (AvgIpc) is 2.99. The van der Waals surface area contributed by atoms with Crippen LogP contribution < -0.4 is 14.8 Å². The van der Waals surface area contributed by atoms with E-state index in [2.05, 4.69) is 5.32 Å². The molecule has 1 heterocycles. The minimum Gasteiger partial charge on any atom is -0.493 e. The maximum atomic E-state index is 12.3. The Morgan fingerprint density at radius 3 is 2.42 bits per heavy atom. The fraction of sp³-hybridized carbons (Fsp3) is 0.529. The predicted octanol–water partition coefficient (Wildman–Crippen LogP) is 0.527. The molecule has 0 aliphatic carbocycles. The van der Waals surface area contributed by atoms with Gasteiger partial charge in [-0.25, -0.2) is 8.42 Å². The zero-order chi connectivity index (χ0) is 19.5. The van der Waals surface area contributed by atoms with Gasteiger partial charge in [-0.3, -0.25) is 9.59 Å². The van der Waals surface area contributed by atoms with Crippen molar-refractivity contribution in [3.8, 4) is 11.5 Å². The molecule has 2 unspecified atom stereocenters. The lowest BCUT2D eigenvalue weighted by molar-refractivity contribution is -0.146. The fourth-order valence-electron chi connectivity index (χ4n) is 2.87. The lowest BCUT2D eigenvalue weighted by Crippen LogP contribution is -2.46. The highest BCUT2D eigenvalue weighted by Gasteiger charge is 2.35. The number of benzene rings is 1. The van der Waals surface area contributed by atoms with Gasteiger partial charge in [-0.05, 0) is 31.0 Å². The van der Waals surface area contributed by atoms with Gasteiger partial charge in [0.2, 0.25) is 0 Å². The molecular weight excluding hydrogens is 360 g/mol. The molecule has 26 heavy (non-hydrogen) atoms. The van der Waals surface area contributed by atoms with E-state index in [4.69, 9.17) is 9.47 Å². The van der Waals surface area contributed by atoms with Gasteiger partial charge in [0.1, 0.15) is 0 Å². The maximum Gasteiger partial charge on any atom is 0.311 e. The van der Waals surface area contributed by atoms with E-state index in [1.807, 2.05) is 0 Å². The molecule has 0 radical (unpaired) electrons. The van der Waals surface area contributed by atoms with Crippen LogP contribution >= 0.6 is 0 Å². The Kier molecular flexibility index (Phi) is 6.12. The molecule has 2 amide bonds. The Labute approximate surface area is 153 Å². The van der Waals surface area contributed by atoms with Gasteiger partial charge in [0.05, 0.1) is 31.8 Å². The summed E-state index contributed by atoms with van der Waals surface area (Å²) in [5.74, 6) is -0.510. The highest BCUT2D eigenvalue weighted by Crippen LogP contribution is 2.29. The summed E-state index contributed by atoms with van der Waals surface area (Å²) in [5.41, 5.74) is 0.745. The molecular formula is C17H24N2O6S. The first-order valence-electron chi connectivity index (χ1n) is 8.18. The topological polar surface area (TPSA) is 102 Å². The summed E-state index contributed by atoms with van der Waals surface area (Å²) in [4.78, 5) is 25.8. The van der Waals surface area contributed by atoms with E-state index >= 15 is 0 Å². The average molecular weight is 384 g/mol. The fourth-order valence-corrected chi connectivity index (χ4v) is 4.65. The Bertz CT molecular complexity index is 792. The van der Waals surface area contributed by atoms with E-state index in [1.54, 1.807) is 25.1 Å². The smallest absolute Gasteiger partial charge is 0.311 e. The van der Waals surface area contributed by atoms with E-state index in [-0.39, 0.29) is 11.5 Å². The molecule has 1 aromatic rings. The molecule has 0 aromatic heterocycles. The molecule has 1 aliphatic heterocycles. The van der Waals surface area contributed by atoms with Crippen molar-refractivity contribution in [3.63, 3.8) is 0 Å². The van der Waals surface area contributed by atoms with E-state index in [1.165, 1.54) is 26.2 Å². The first-order valence-corrected chi connectivity index (χ1v) is 10.0. The summed E-state index contributed by atoms with van der Waals surface area (Å²) in [5, 5.41) is 2.63. The first kappa shape index (κ1) is 20.0. The van der Waals surface area contributed by atoms with Crippen LogP contribution in [0.5, 0.6) is 11.5 Å². The van der Waals surface area contributed by atoms with Crippen LogP contribution in [0.4, 0.5) is 0 Å². The largest absolute Gasteiger partial charge is 0.493 e. The Hall–Kier alpha value is -2.29. The molecule has 0 bridgehead atoms. The summed E-state index contributed by atoms with van der Waals surface area (Å²) in [6.45, 7) is 1.74. The molecule has 1 fully saturated rings. The summed E-state index contributed by atoms with van der Waals surface area (Å²) >= 11 is 0. The Balaban J connectivity index is 2.03. The zero-order valence-corrected chi connectivity index (χ0v) is 16.1. The highest BCUT2D eigenvalue weighted by molar-refractivity contribution is 7.91. The second-order valence-electron chi connectivity index (χ2n) is 6.28. The normalized spacial score (nSPS) is 19.5. The lowest BCUT2D eigenvalue weighted by Gasteiger charge is -2.24. The summed E-state index contributed by atoms with van der Waals surface area (Å²) < 4.78 is 33.5. The van der Waals surface area contributed by atoms with Crippen molar-refractivity contribution >= 4 is 21.7 Å². The number of carbonyl (C=O) groups excluding carboxylic acids is 2. The maximum absolute atomic E-state index is 12.3. The first-order chi connectivity index (χ1) is 12.2. The molecule has 0 spiro atoms. The molecule has 2 atom stereocenters. The van der Waals surface area contributed by atoms with E-state index < -0.39 is 33.7 Å². The number of likely N-dealkylation sites (N-methyl/N-ethyl adjacent to an activating group) is 1. The number of amides is 2. The van der Waals surface area contributed by atoms with Crippen molar-refractivity contribution in [2.75, 3.05) is 32.8 Å². The third-order valence-electron chi connectivity index (χ3n) is 4.53. The van der Waals surface area contributed by atoms with E-state index in [0.717, 1.165) is 5.56 Å². The van der Waals surface area contributed by atoms with Crippen molar-refractivity contribution < 1.29 is 27.5 Å². The minimum atomic E-state index is -3.13. The van der Waals surface area contributed by atoms with Crippen LogP contribution in [0.2, 0.25) is 0 Å². The number of methoxy groups -OCH3 is 2. The quantitative estimate of drug-likeness (QED) is 0.743. The Morgan fingerprint density at radius 1 is 1.23 bits per heavy atom. The van der Waals surface area contributed by atoms with Gasteiger partial charge >= 0.3 is 11.8 Å². The number of ether oxygens (including phenoxy) is 2. The number of carbonyl (C=O) groups is 2. The highest BCUT2D eigenvalue weighted by atomic mass is 32.2. The van der Waals surface area contributed by atoms with Crippen molar-refractivity contribution in [2.45, 2.75) is 25.4 Å². The van der Waals surface area contributed by atoms with Crippen molar-refractivity contribution in [1.82, 2.24) is 10.2 Å². The van der Waals surface area contributed by atoms with Crippen molar-refractivity contribution in [3.05, 3.63) is 23.8 Å². The molecule has 1 N–H and O–H groups in total. The van der Waals surface area contributed by atoms with Gasteiger partial charge in [0.25, 0.3) is 0 Å². The number of sulfone groups is 1. The standard InChI is InChI=1S/C17H24N2O6S/c1-11(12-5-6-14(24-3)15(9-12)25-4)18-16(20)17(21)19(2)13-7-8-26(22,23)10-13/h5-6,9,11,13H,7-8,10H2,1-4H3,(H,18,20). The van der Waals surface area contributed by atoms with Crippen LogP contribution in [0.15, 0.2) is 18.2 Å². The van der Waals surface area contributed by atoms with Crippen LogP contribution in [0.25, 0.3) is 0 Å². The number of hydrogen-bond donors (Lipinski definition) is 1. The Morgan fingerprint density at radius 2 is 1.88 bits per heavy atom. The van der Waals surface area contributed by atoms with Crippen LogP contribution in [0.3, 0.4) is 0 Å². The second-order valence-corrected chi connectivity index (χ2v) is 8.51. The van der Waals surface area contributed by atoms with Crippen molar-refractivity contribution in [1.29, 1.82) is 0 Å². The van der Waals surface area contributed by atoms with Gasteiger partial charge in [-0.2, -0.15) is 0 Å². The number of nitrogens with one attached hydrogen (secondary N) is 1. The number of hydrogen-bond acceptors (Lipinski definition) is 6. The van der Waals surface area contributed by atoms with Gasteiger partial charge in [0, 0.05) is 13.1 Å². The van der Waals surface area contributed by atoms with Gasteiger partial charge in [-0.1, -0.05) is 6.07 Å². The minimum absolute atomic E-state index is 0.0406. The van der Waals surface area contributed by atoms with Gasteiger partial charge < -0.3 is 19.7 Å². The molecule has 0 saturated carbocycles. The monoisotopic (exact) mass is 384 g/mol. The summed E-state index contributed by atoms with van der Waals surface area (Å²) in [6.07, 6.45) is 0.350. The van der Waals surface area contributed by atoms with Gasteiger partial charge in [0.15, 0.2) is 21.3 Å². The van der Waals surface area contributed by atoms with Crippen molar-refractivity contribution in [2.24, 2.45) is 0 Å². The molecule has 2 rings (SSSR count). The van der Waals surface area contributed by atoms with E-state index in [0.29, 0.717) is 17.9 Å². The molecule has 1 saturated heterocycles. The molecule has 144 valence electrons. The van der Waals surface area contributed by atoms with Crippen LogP contribution in [0, 0.1) is 0 Å². The summed E-state index contributed by atoms with van der Waals surface area (Å²) in [6, 6.07) is 4.31. The molecule has 9 heteroatoms.